The van der Waals surface area contributed by atoms with E-state index < -0.39 is 0 Å². The van der Waals surface area contributed by atoms with Gasteiger partial charge in [0.15, 0.2) is 0 Å². The molecule has 0 saturated carbocycles. The molecule has 0 aromatic heterocycles. The zero-order valence-corrected chi connectivity index (χ0v) is 11.9. The van der Waals surface area contributed by atoms with Gasteiger partial charge in [-0.05, 0) is 24.6 Å². The molecule has 1 saturated heterocycles. The van der Waals surface area contributed by atoms with E-state index in [-0.39, 0.29) is 24.4 Å². The average Bonchev–Trinajstić information content (AvgIpc) is 2.32. The van der Waals surface area contributed by atoms with Gasteiger partial charge in [0.2, 0.25) is 5.91 Å². The molecule has 1 N–H and O–H groups in total. The Labute approximate surface area is 119 Å². The molecule has 1 aromatic rings. The number of carbonyl (C=O) groups excluding carboxylic acids is 1. The number of amides is 1. The third-order valence-corrected chi connectivity index (χ3v) is 3.34. The summed E-state index contributed by atoms with van der Waals surface area (Å²) in [6.45, 7) is 4.64. The molecule has 0 bridgehead atoms. The largest absolute Gasteiger partial charge is 0.337 e. The number of hydrogen-bond acceptors (Lipinski definition) is 2. The Balaban J connectivity index is 0.00000162. The fraction of sp³-hybridized carbons (Fsp3) is 0.462. The summed E-state index contributed by atoms with van der Waals surface area (Å²) in [4.78, 5) is 14.1. The lowest BCUT2D eigenvalue weighted by atomic mass is 10.1. The van der Waals surface area contributed by atoms with Crippen LogP contribution >= 0.6 is 24.0 Å². The van der Waals surface area contributed by atoms with Crippen molar-refractivity contribution >= 4 is 29.9 Å². The van der Waals surface area contributed by atoms with E-state index >= 15 is 0 Å². The highest BCUT2D eigenvalue weighted by atomic mass is 35.5. The van der Waals surface area contributed by atoms with Gasteiger partial charge >= 0.3 is 0 Å². The van der Waals surface area contributed by atoms with E-state index in [1.54, 1.807) is 0 Å². The van der Waals surface area contributed by atoms with E-state index in [0.29, 0.717) is 11.4 Å². The first-order valence-electron chi connectivity index (χ1n) is 5.91. The summed E-state index contributed by atoms with van der Waals surface area (Å²) in [5, 5.41) is 3.98. The van der Waals surface area contributed by atoms with E-state index in [9.17, 15) is 4.79 Å². The summed E-state index contributed by atoms with van der Waals surface area (Å²) < 4.78 is 0. The van der Waals surface area contributed by atoms with Crippen LogP contribution in [0, 0.1) is 0 Å². The molecule has 2 rings (SSSR count). The molecule has 1 heterocycles. The van der Waals surface area contributed by atoms with Crippen molar-refractivity contribution in [2.45, 2.75) is 19.4 Å². The summed E-state index contributed by atoms with van der Waals surface area (Å²) in [6.07, 6.45) is 0.460. The van der Waals surface area contributed by atoms with E-state index in [2.05, 4.69) is 12.2 Å². The number of piperazine rings is 1. The molecule has 1 aliphatic heterocycles. The van der Waals surface area contributed by atoms with Crippen LogP contribution < -0.4 is 5.32 Å². The smallest absolute Gasteiger partial charge is 0.227 e. The third-order valence-electron chi connectivity index (χ3n) is 3.09. The predicted octanol–water partition coefficient (Wildman–Crippen LogP) is 2.12. The lowest BCUT2D eigenvalue weighted by molar-refractivity contribution is -0.133. The highest BCUT2D eigenvalue weighted by molar-refractivity contribution is 6.30. The fourth-order valence-corrected chi connectivity index (χ4v) is 2.22. The number of nitrogens with one attached hydrogen (secondary N) is 1. The molecule has 0 spiro atoms. The summed E-state index contributed by atoms with van der Waals surface area (Å²) in [7, 11) is 0. The van der Waals surface area contributed by atoms with Gasteiger partial charge in [-0.2, -0.15) is 0 Å². The normalized spacial score (nSPS) is 19.2. The average molecular weight is 289 g/mol. The maximum atomic E-state index is 12.1. The van der Waals surface area contributed by atoms with Crippen molar-refractivity contribution in [3.63, 3.8) is 0 Å². The van der Waals surface area contributed by atoms with Gasteiger partial charge in [0.25, 0.3) is 0 Å². The molecule has 1 amide bonds. The van der Waals surface area contributed by atoms with E-state index in [1.807, 2.05) is 29.2 Å². The fourth-order valence-electron chi connectivity index (χ4n) is 2.09. The van der Waals surface area contributed by atoms with Gasteiger partial charge in [-0.1, -0.05) is 23.7 Å². The first-order chi connectivity index (χ1) is 8.16. The molecule has 0 radical (unpaired) electrons. The van der Waals surface area contributed by atoms with Crippen molar-refractivity contribution in [3.05, 3.63) is 34.9 Å². The summed E-state index contributed by atoms with van der Waals surface area (Å²) in [5.74, 6) is 0.196. The molecular formula is C13H18Cl2N2O. The van der Waals surface area contributed by atoms with Crippen LogP contribution in [0.2, 0.25) is 5.02 Å². The molecule has 100 valence electrons. The highest BCUT2D eigenvalue weighted by Gasteiger charge is 2.22. The maximum absolute atomic E-state index is 12.1. The van der Waals surface area contributed by atoms with Crippen molar-refractivity contribution in [3.8, 4) is 0 Å². The predicted molar refractivity (Wildman–Crippen MR) is 76.4 cm³/mol. The van der Waals surface area contributed by atoms with Crippen LogP contribution in [0.15, 0.2) is 24.3 Å². The van der Waals surface area contributed by atoms with Crippen molar-refractivity contribution < 1.29 is 4.79 Å². The van der Waals surface area contributed by atoms with Crippen LogP contribution in [0.25, 0.3) is 0 Å². The van der Waals surface area contributed by atoms with Crippen LogP contribution in [0.5, 0.6) is 0 Å². The Kier molecular flexibility index (Phi) is 5.93. The first-order valence-corrected chi connectivity index (χ1v) is 6.29. The Bertz CT molecular complexity index is 394. The Morgan fingerprint density at radius 1 is 1.44 bits per heavy atom. The minimum absolute atomic E-state index is 0. The van der Waals surface area contributed by atoms with E-state index in [4.69, 9.17) is 11.6 Å². The summed E-state index contributed by atoms with van der Waals surface area (Å²) >= 11 is 5.82. The molecular weight excluding hydrogens is 271 g/mol. The lowest BCUT2D eigenvalue weighted by Gasteiger charge is -2.34. The van der Waals surface area contributed by atoms with Crippen molar-refractivity contribution in [2.24, 2.45) is 0 Å². The van der Waals surface area contributed by atoms with Gasteiger partial charge < -0.3 is 10.2 Å². The number of nitrogens with zero attached hydrogens (tertiary/aromatic N) is 1. The number of benzene rings is 1. The summed E-state index contributed by atoms with van der Waals surface area (Å²) in [6, 6.07) is 7.75. The summed E-state index contributed by atoms with van der Waals surface area (Å²) in [5.41, 5.74) is 1.02. The van der Waals surface area contributed by atoms with Gasteiger partial charge in [0.05, 0.1) is 6.42 Å². The van der Waals surface area contributed by atoms with Gasteiger partial charge in [-0.3, -0.25) is 4.79 Å². The Hall–Kier alpha value is -0.770. The second-order valence-electron chi connectivity index (χ2n) is 4.44. The minimum atomic E-state index is 0. The SMILES string of the molecule is C[C@@H]1CNCCN1C(=O)Cc1ccc(Cl)cc1.Cl. The zero-order valence-electron chi connectivity index (χ0n) is 10.4. The quantitative estimate of drug-likeness (QED) is 0.904. The number of rotatable bonds is 2. The second-order valence-corrected chi connectivity index (χ2v) is 4.88. The zero-order chi connectivity index (χ0) is 12.3. The molecule has 1 atom stereocenters. The maximum Gasteiger partial charge on any atom is 0.227 e. The third kappa shape index (κ3) is 3.87. The molecule has 0 aliphatic carbocycles. The molecule has 1 aliphatic rings. The molecule has 1 aromatic carbocycles. The number of carbonyl (C=O) groups is 1. The first kappa shape index (κ1) is 15.3. The topological polar surface area (TPSA) is 32.3 Å². The number of halogens is 2. The van der Waals surface area contributed by atoms with Crippen LogP contribution in [0.3, 0.4) is 0 Å². The molecule has 1 fully saturated rings. The van der Waals surface area contributed by atoms with Crippen LogP contribution in [0.4, 0.5) is 0 Å². The lowest BCUT2D eigenvalue weighted by Crippen LogP contribution is -2.52. The molecule has 18 heavy (non-hydrogen) atoms. The van der Waals surface area contributed by atoms with Gasteiger partial charge in [-0.15, -0.1) is 12.4 Å². The van der Waals surface area contributed by atoms with Crippen molar-refractivity contribution in [2.75, 3.05) is 19.6 Å². The van der Waals surface area contributed by atoms with Gasteiger partial charge in [-0.25, -0.2) is 0 Å². The van der Waals surface area contributed by atoms with Gasteiger partial charge in [0.1, 0.15) is 0 Å². The molecule has 3 nitrogen and oxygen atoms in total. The highest BCUT2D eigenvalue weighted by Crippen LogP contribution is 2.12. The van der Waals surface area contributed by atoms with Crippen molar-refractivity contribution in [1.82, 2.24) is 10.2 Å². The Morgan fingerprint density at radius 3 is 2.72 bits per heavy atom. The van der Waals surface area contributed by atoms with E-state index in [0.717, 1.165) is 25.2 Å². The standard InChI is InChI=1S/C13H17ClN2O.ClH/c1-10-9-15-6-7-16(10)13(17)8-11-2-4-12(14)5-3-11;/h2-5,10,15H,6-9H2,1H3;1H/t10-;/m1./s1. The van der Waals surface area contributed by atoms with Crippen molar-refractivity contribution in [1.29, 1.82) is 0 Å². The van der Waals surface area contributed by atoms with E-state index in [1.165, 1.54) is 0 Å². The van der Waals surface area contributed by atoms with Crippen LogP contribution in [-0.4, -0.2) is 36.5 Å². The van der Waals surface area contributed by atoms with Crippen LogP contribution in [-0.2, 0) is 11.2 Å². The monoisotopic (exact) mass is 288 g/mol. The van der Waals surface area contributed by atoms with Crippen LogP contribution in [0.1, 0.15) is 12.5 Å². The minimum Gasteiger partial charge on any atom is -0.337 e. The Morgan fingerprint density at radius 2 is 2.11 bits per heavy atom. The number of hydrogen-bond donors (Lipinski definition) is 1. The molecule has 5 heteroatoms. The van der Waals surface area contributed by atoms with Gasteiger partial charge in [0, 0.05) is 30.7 Å². The second kappa shape index (κ2) is 6.98. The molecule has 0 unspecified atom stereocenters.